The first-order chi connectivity index (χ1) is 20.8. The Bertz CT molecular complexity index is 665. The molecule has 0 aliphatic heterocycles. The van der Waals surface area contributed by atoms with Gasteiger partial charge in [0.15, 0.2) is 12.4 Å². The molecular formula is C41H78N+. The van der Waals surface area contributed by atoms with E-state index in [0.29, 0.717) is 0 Å². The van der Waals surface area contributed by atoms with E-state index in [4.69, 9.17) is 0 Å². The summed E-state index contributed by atoms with van der Waals surface area (Å²) >= 11 is 0. The normalized spacial score (nSPS) is 11.5. The maximum absolute atomic E-state index is 2.55. The topological polar surface area (TPSA) is 3.88 Å². The Morgan fingerprint density at radius 2 is 0.667 bits per heavy atom. The van der Waals surface area contributed by atoms with Gasteiger partial charge in [0.1, 0.15) is 6.54 Å². The first-order valence-electron chi connectivity index (χ1n) is 19.8. The molecule has 0 unspecified atom stereocenters. The molecule has 1 nitrogen and oxygen atoms in total. The summed E-state index contributed by atoms with van der Waals surface area (Å²) in [6.45, 7) is 8.14. The summed E-state index contributed by atoms with van der Waals surface area (Å²) < 4.78 is 2.52. The third kappa shape index (κ3) is 24.6. The second-order valence-electron chi connectivity index (χ2n) is 13.8. The number of pyridine rings is 1. The molecule has 246 valence electrons. The lowest BCUT2D eigenvalue weighted by Gasteiger charge is -2.10. The molecule has 1 heteroatoms. The van der Waals surface area contributed by atoms with Crippen molar-refractivity contribution in [3.63, 3.8) is 0 Å². The minimum absolute atomic E-state index is 1.21. The molecular weight excluding hydrogens is 506 g/mol. The maximum Gasteiger partial charge on any atom is 0.172 e. The van der Waals surface area contributed by atoms with Gasteiger partial charge >= 0.3 is 0 Å². The van der Waals surface area contributed by atoms with E-state index in [1.54, 1.807) is 11.1 Å². The van der Waals surface area contributed by atoms with E-state index in [1.165, 1.54) is 212 Å². The molecule has 42 heavy (non-hydrogen) atoms. The monoisotopic (exact) mass is 585 g/mol. The van der Waals surface area contributed by atoms with Gasteiger partial charge in [0, 0.05) is 18.1 Å². The molecule has 0 aliphatic carbocycles. The van der Waals surface area contributed by atoms with Crippen LogP contribution in [0.25, 0.3) is 0 Å². The lowest BCUT2D eigenvalue weighted by Crippen LogP contribution is -2.34. The maximum atomic E-state index is 2.55. The summed E-state index contributed by atoms with van der Waals surface area (Å²) in [7, 11) is 0. The molecule has 1 aromatic heterocycles. The van der Waals surface area contributed by atoms with Gasteiger partial charge in [-0.3, -0.25) is 0 Å². The van der Waals surface area contributed by atoms with Gasteiger partial charge in [-0.25, -0.2) is 4.57 Å². The van der Waals surface area contributed by atoms with E-state index in [9.17, 15) is 0 Å². The first kappa shape index (κ1) is 39.2. The average molecular weight is 585 g/mol. The van der Waals surface area contributed by atoms with E-state index in [0.717, 1.165) is 0 Å². The minimum atomic E-state index is 1.21. The third-order valence-electron chi connectivity index (χ3n) is 9.57. The summed E-state index contributed by atoms with van der Waals surface area (Å²) in [5.41, 5.74) is 3.32. The van der Waals surface area contributed by atoms with Crippen LogP contribution in [0, 0.1) is 0 Å². The van der Waals surface area contributed by atoms with Crippen LogP contribution in [0.4, 0.5) is 0 Å². The van der Waals surface area contributed by atoms with Gasteiger partial charge in [-0.15, -0.1) is 0 Å². The third-order valence-corrected chi connectivity index (χ3v) is 9.57. The van der Waals surface area contributed by atoms with Crippen LogP contribution < -0.4 is 4.57 Å². The average Bonchev–Trinajstić information content (AvgIpc) is 3.00. The second-order valence-corrected chi connectivity index (χ2v) is 13.8. The zero-order valence-corrected chi connectivity index (χ0v) is 29.5. The smallest absolute Gasteiger partial charge is 0.172 e. The Kier molecular flexibility index (Phi) is 29.4. The van der Waals surface area contributed by atoms with Crippen LogP contribution >= 0.6 is 0 Å². The molecule has 1 aromatic rings. The van der Waals surface area contributed by atoms with Crippen LogP contribution in [-0.4, -0.2) is 0 Å². The van der Waals surface area contributed by atoms with Gasteiger partial charge in [0.05, 0.1) is 0 Å². The Morgan fingerprint density at radius 3 is 1.05 bits per heavy atom. The van der Waals surface area contributed by atoms with Crippen LogP contribution in [0.2, 0.25) is 0 Å². The van der Waals surface area contributed by atoms with Crippen LogP contribution in [0.15, 0.2) is 18.5 Å². The van der Waals surface area contributed by atoms with E-state index >= 15 is 0 Å². The number of hydrogen-bond donors (Lipinski definition) is 0. The zero-order chi connectivity index (χ0) is 30.2. The molecule has 0 saturated heterocycles. The highest BCUT2D eigenvalue weighted by Gasteiger charge is 2.10. The fourth-order valence-electron chi connectivity index (χ4n) is 6.61. The minimum Gasteiger partial charge on any atom is -0.205 e. The number of rotatable bonds is 33. The largest absolute Gasteiger partial charge is 0.205 e. The van der Waals surface area contributed by atoms with E-state index in [-0.39, 0.29) is 0 Å². The van der Waals surface area contributed by atoms with Gasteiger partial charge in [-0.1, -0.05) is 188 Å². The van der Waals surface area contributed by atoms with Gasteiger partial charge < -0.3 is 0 Å². The van der Waals surface area contributed by atoms with E-state index < -0.39 is 0 Å². The van der Waals surface area contributed by atoms with E-state index in [1.807, 2.05) is 0 Å². The van der Waals surface area contributed by atoms with Crippen molar-refractivity contribution < 1.29 is 4.57 Å². The first-order valence-corrected chi connectivity index (χ1v) is 19.8. The van der Waals surface area contributed by atoms with Gasteiger partial charge in [0.2, 0.25) is 0 Å². The summed E-state index contributed by atoms with van der Waals surface area (Å²) in [5, 5.41) is 0. The molecule has 0 bridgehead atoms. The fraction of sp³-hybridized carbons (Fsp3) is 0.878. The van der Waals surface area contributed by atoms with Crippen LogP contribution in [0.5, 0.6) is 0 Å². The Hall–Kier alpha value is -0.850. The number of aromatic nitrogens is 1. The molecule has 0 spiro atoms. The Labute approximate surface area is 266 Å². The van der Waals surface area contributed by atoms with Crippen molar-refractivity contribution in [2.75, 3.05) is 0 Å². The van der Waals surface area contributed by atoms with Crippen molar-refractivity contribution in [3.8, 4) is 0 Å². The molecule has 0 saturated carbocycles. The SMILES string of the molecule is CCCCCCCCCCCCCc1cc[n+](CCCCCCCCCC)cc1CCCCCCCCCCCCC. The number of unbranched alkanes of at least 4 members (excludes halogenated alkanes) is 27. The summed E-state index contributed by atoms with van der Waals surface area (Å²) in [6.07, 6.45) is 50.3. The standard InChI is InChI=1S/C41H78N/c1-4-7-10-13-16-19-21-23-25-28-31-34-40-36-38-42(37-33-30-27-18-15-12-9-6-3)39-41(40)35-32-29-26-24-22-20-17-14-11-8-5-2/h36,38-39H,4-35,37H2,1-3H3/q+1. The highest BCUT2D eigenvalue weighted by atomic mass is 14.9. The van der Waals surface area contributed by atoms with E-state index in [2.05, 4.69) is 43.8 Å². The fourth-order valence-corrected chi connectivity index (χ4v) is 6.61. The van der Waals surface area contributed by atoms with Crippen molar-refractivity contribution in [1.29, 1.82) is 0 Å². The molecule has 0 fully saturated rings. The molecule has 1 heterocycles. The number of hydrogen-bond acceptors (Lipinski definition) is 0. The van der Waals surface area contributed by atoms with Crippen LogP contribution in [-0.2, 0) is 19.4 Å². The molecule has 0 radical (unpaired) electrons. The van der Waals surface area contributed by atoms with Crippen molar-refractivity contribution in [1.82, 2.24) is 0 Å². The predicted octanol–water partition coefficient (Wildman–Crippen LogP) is 13.8. The molecule has 0 atom stereocenters. The molecule has 0 aromatic carbocycles. The van der Waals surface area contributed by atoms with Crippen molar-refractivity contribution in [2.45, 2.75) is 233 Å². The Morgan fingerprint density at radius 1 is 0.357 bits per heavy atom. The van der Waals surface area contributed by atoms with Crippen molar-refractivity contribution in [2.24, 2.45) is 0 Å². The lowest BCUT2D eigenvalue weighted by molar-refractivity contribution is -0.697. The summed E-state index contributed by atoms with van der Waals surface area (Å²) in [5.74, 6) is 0. The molecule has 0 aliphatic rings. The number of nitrogens with zero attached hydrogens (tertiary/aromatic N) is 1. The lowest BCUT2D eigenvalue weighted by atomic mass is 9.97. The summed E-state index contributed by atoms with van der Waals surface area (Å²) in [4.78, 5) is 0. The van der Waals surface area contributed by atoms with Crippen LogP contribution in [0.1, 0.15) is 225 Å². The number of aryl methyl sites for hydroxylation is 3. The quantitative estimate of drug-likeness (QED) is 0.0571. The highest BCUT2D eigenvalue weighted by molar-refractivity contribution is 5.21. The van der Waals surface area contributed by atoms with Crippen LogP contribution in [0.3, 0.4) is 0 Å². The second kappa shape index (κ2) is 31.6. The van der Waals surface area contributed by atoms with Gasteiger partial charge in [-0.2, -0.15) is 0 Å². The summed E-state index contributed by atoms with van der Waals surface area (Å²) in [6, 6.07) is 2.49. The molecule has 0 amide bonds. The van der Waals surface area contributed by atoms with Crippen molar-refractivity contribution in [3.05, 3.63) is 29.6 Å². The zero-order valence-electron chi connectivity index (χ0n) is 29.5. The van der Waals surface area contributed by atoms with Crippen molar-refractivity contribution >= 4 is 0 Å². The van der Waals surface area contributed by atoms with Gasteiger partial charge in [0.25, 0.3) is 0 Å². The molecule has 0 N–H and O–H groups in total. The predicted molar refractivity (Wildman–Crippen MR) is 190 cm³/mol. The van der Waals surface area contributed by atoms with Gasteiger partial charge in [-0.05, 0) is 37.7 Å². The Balaban J connectivity index is 2.35. The molecule has 1 rings (SSSR count). The highest BCUT2D eigenvalue weighted by Crippen LogP contribution is 2.18.